The molecule has 3 N–H and O–H groups in total. The molecular weight excluding hydrogens is 414 g/mol. The largest absolute Gasteiger partial charge is 0.326 e. The molecule has 0 bridgehead atoms. The Kier molecular flexibility index (Phi) is 5.92. The highest BCUT2D eigenvalue weighted by molar-refractivity contribution is 7.89. The van der Waals surface area contributed by atoms with Crippen molar-refractivity contribution < 1.29 is 30.8 Å². The van der Waals surface area contributed by atoms with Crippen LogP contribution in [-0.4, -0.2) is 31.2 Å². The molecule has 1 unspecified atom stereocenters. The Hall–Kier alpha value is -1.75. The number of sulfonamides is 1. The van der Waals surface area contributed by atoms with Gasteiger partial charge in [0.2, 0.25) is 17.8 Å². The summed E-state index contributed by atoms with van der Waals surface area (Å²) in [7, 11) is -4.10. The summed E-state index contributed by atoms with van der Waals surface area (Å²) in [5, 5.41) is 7.02. The SMILES string of the molecule is NS(=O)(=O)c1cc(NC(=O)C2CC(F)(F)CC[C@H]2C2CCC(F)(F)CC2)ccn1. The number of alkyl halides is 4. The van der Waals surface area contributed by atoms with Crippen molar-refractivity contribution in [2.75, 3.05) is 5.32 Å². The lowest BCUT2D eigenvalue weighted by Gasteiger charge is -2.42. The summed E-state index contributed by atoms with van der Waals surface area (Å²) in [5.74, 6) is -8.14. The second kappa shape index (κ2) is 7.82. The first-order valence-electron chi connectivity index (χ1n) is 9.42. The Bertz CT molecular complexity index is 869. The van der Waals surface area contributed by atoms with Crippen LogP contribution in [0.1, 0.15) is 44.9 Å². The van der Waals surface area contributed by atoms with Crippen LogP contribution in [0.15, 0.2) is 23.4 Å². The molecule has 0 aromatic carbocycles. The van der Waals surface area contributed by atoms with Gasteiger partial charge in [-0.3, -0.25) is 4.79 Å². The number of aromatic nitrogens is 1. The number of halogens is 4. The van der Waals surface area contributed by atoms with Gasteiger partial charge in [0.15, 0.2) is 5.03 Å². The standard InChI is InChI=1S/C18H23F4N3O3S/c19-17(20)5-1-11(2-6-17)13-3-7-18(21,22)10-14(13)16(26)25-12-4-8-24-15(9-12)29(23,27)28/h4,8-9,11,13-14H,1-3,5-7,10H2,(H2,23,27,28)(H,24,25,26)/t13-,14?/m0/s1. The Labute approximate surface area is 166 Å². The third-order valence-corrected chi connectivity index (χ3v) is 6.68. The van der Waals surface area contributed by atoms with E-state index in [4.69, 9.17) is 5.14 Å². The molecule has 6 nitrogen and oxygen atoms in total. The minimum Gasteiger partial charge on any atom is -0.326 e. The molecule has 3 rings (SSSR count). The minimum atomic E-state index is -4.10. The summed E-state index contributed by atoms with van der Waals surface area (Å²) in [5.41, 5.74) is 0.0665. The summed E-state index contributed by atoms with van der Waals surface area (Å²) in [6.45, 7) is 0. The zero-order valence-corrected chi connectivity index (χ0v) is 16.4. The van der Waals surface area contributed by atoms with Gasteiger partial charge in [0.05, 0.1) is 0 Å². The van der Waals surface area contributed by atoms with E-state index in [-0.39, 0.29) is 50.1 Å². The van der Waals surface area contributed by atoms with Crippen molar-refractivity contribution in [3.05, 3.63) is 18.3 Å². The van der Waals surface area contributed by atoms with Crippen LogP contribution in [0.2, 0.25) is 0 Å². The molecule has 29 heavy (non-hydrogen) atoms. The van der Waals surface area contributed by atoms with Gasteiger partial charge in [-0.2, -0.15) is 0 Å². The number of nitrogens with two attached hydrogens (primary N) is 1. The number of rotatable bonds is 4. The van der Waals surface area contributed by atoms with Gasteiger partial charge >= 0.3 is 0 Å². The fourth-order valence-electron chi connectivity index (χ4n) is 4.37. The fourth-order valence-corrected chi connectivity index (χ4v) is 4.87. The van der Waals surface area contributed by atoms with Gasteiger partial charge in [-0.25, -0.2) is 36.1 Å². The van der Waals surface area contributed by atoms with Crippen LogP contribution in [0.5, 0.6) is 0 Å². The summed E-state index contributed by atoms with van der Waals surface area (Å²) in [4.78, 5) is 16.4. The Balaban J connectivity index is 1.78. The number of hydrogen-bond acceptors (Lipinski definition) is 4. The van der Waals surface area contributed by atoms with E-state index >= 15 is 0 Å². The van der Waals surface area contributed by atoms with Gasteiger partial charge in [-0.05, 0) is 37.2 Å². The number of hydrogen-bond donors (Lipinski definition) is 2. The van der Waals surface area contributed by atoms with Crippen LogP contribution in [0.3, 0.4) is 0 Å². The summed E-state index contributed by atoms with van der Waals surface area (Å²) in [6.07, 6.45) is -0.0497. The highest BCUT2D eigenvalue weighted by Gasteiger charge is 2.48. The summed E-state index contributed by atoms with van der Waals surface area (Å²) < 4.78 is 77.8. The third-order valence-electron chi connectivity index (χ3n) is 5.88. The normalized spacial score (nSPS) is 27.3. The predicted molar refractivity (Wildman–Crippen MR) is 96.9 cm³/mol. The van der Waals surface area contributed by atoms with Crippen LogP contribution in [0.25, 0.3) is 0 Å². The number of primary sulfonamides is 1. The van der Waals surface area contributed by atoms with E-state index in [1.807, 2.05) is 0 Å². The van der Waals surface area contributed by atoms with Crippen LogP contribution in [-0.2, 0) is 14.8 Å². The number of anilines is 1. The quantitative estimate of drug-likeness (QED) is 0.704. The molecule has 1 heterocycles. The van der Waals surface area contributed by atoms with Gasteiger partial charge in [0, 0.05) is 49.6 Å². The molecular formula is C18H23F4N3O3S. The van der Waals surface area contributed by atoms with E-state index in [1.165, 1.54) is 6.07 Å². The molecule has 2 fully saturated rings. The van der Waals surface area contributed by atoms with Crippen LogP contribution in [0.4, 0.5) is 23.2 Å². The van der Waals surface area contributed by atoms with E-state index < -0.39 is 51.1 Å². The molecule has 2 atom stereocenters. The molecule has 0 spiro atoms. The molecule has 2 aliphatic rings. The average molecular weight is 437 g/mol. The molecule has 0 saturated heterocycles. The van der Waals surface area contributed by atoms with Crippen LogP contribution >= 0.6 is 0 Å². The van der Waals surface area contributed by atoms with Gasteiger partial charge in [-0.15, -0.1) is 0 Å². The Morgan fingerprint density at radius 2 is 1.72 bits per heavy atom. The molecule has 1 aromatic heterocycles. The Morgan fingerprint density at radius 3 is 2.34 bits per heavy atom. The average Bonchev–Trinajstić information content (AvgIpc) is 2.61. The van der Waals surface area contributed by atoms with Crippen LogP contribution in [0, 0.1) is 17.8 Å². The van der Waals surface area contributed by atoms with Crippen molar-refractivity contribution in [2.24, 2.45) is 22.9 Å². The molecule has 2 saturated carbocycles. The van der Waals surface area contributed by atoms with Crippen molar-refractivity contribution in [3.63, 3.8) is 0 Å². The number of amides is 1. The topological polar surface area (TPSA) is 102 Å². The van der Waals surface area contributed by atoms with Crippen molar-refractivity contribution in [1.29, 1.82) is 0 Å². The first-order chi connectivity index (χ1) is 13.4. The first-order valence-corrected chi connectivity index (χ1v) is 11.0. The molecule has 2 aliphatic carbocycles. The number of carbonyl (C=O) groups excluding carboxylic acids is 1. The molecule has 0 aliphatic heterocycles. The number of carbonyl (C=O) groups is 1. The van der Waals surface area contributed by atoms with Gasteiger partial charge in [0.25, 0.3) is 10.0 Å². The fraction of sp³-hybridized carbons (Fsp3) is 0.667. The van der Waals surface area contributed by atoms with Gasteiger partial charge in [-0.1, -0.05) is 0 Å². The van der Waals surface area contributed by atoms with E-state index in [0.29, 0.717) is 0 Å². The number of nitrogens with one attached hydrogen (secondary N) is 1. The molecule has 1 aromatic rings. The second-order valence-corrected chi connectivity index (χ2v) is 9.49. The van der Waals surface area contributed by atoms with E-state index in [2.05, 4.69) is 10.3 Å². The van der Waals surface area contributed by atoms with E-state index in [1.54, 1.807) is 0 Å². The van der Waals surface area contributed by atoms with Crippen molar-refractivity contribution >= 4 is 21.6 Å². The van der Waals surface area contributed by atoms with Crippen molar-refractivity contribution in [1.82, 2.24) is 4.98 Å². The Morgan fingerprint density at radius 1 is 1.10 bits per heavy atom. The van der Waals surface area contributed by atoms with Crippen LogP contribution < -0.4 is 10.5 Å². The number of nitrogens with zero attached hydrogens (tertiary/aromatic N) is 1. The van der Waals surface area contributed by atoms with Gasteiger partial charge < -0.3 is 5.32 Å². The summed E-state index contributed by atoms with van der Waals surface area (Å²) in [6, 6.07) is 2.37. The monoisotopic (exact) mass is 437 g/mol. The smallest absolute Gasteiger partial charge is 0.255 e. The van der Waals surface area contributed by atoms with Gasteiger partial charge in [0.1, 0.15) is 0 Å². The maximum atomic E-state index is 14.0. The lowest BCUT2D eigenvalue weighted by molar-refractivity contribution is -0.136. The lowest BCUT2D eigenvalue weighted by Crippen LogP contribution is -2.43. The molecule has 11 heteroatoms. The van der Waals surface area contributed by atoms with E-state index in [0.717, 1.165) is 12.3 Å². The van der Waals surface area contributed by atoms with E-state index in [9.17, 15) is 30.8 Å². The molecule has 0 radical (unpaired) electrons. The third kappa shape index (κ3) is 5.44. The maximum absolute atomic E-state index is 14.0. The molecule has 1 amide bonds. The highest BCUT2D eigenvalue weighted by Crippen LogP contribution is 2.49. The zero-order valence-electron chi connectivity index (χ0n) is 15.6. The predicted octanol–water partition coefficient (Wildman–Crippen LogP) is 3.54. The number of pyridine rings is 1. The minimum absolute atomic E-state index is 0.0665. The lowest BCUT2D eigenvalue weighted by atomic mass is 9.66. The highest BCUT2D eigenvalue weighted by atomic mass is 32.2. The van der Waals surface area contributed by atoms with Crippen molar-refractivity contribution in [3.8, 4) is 0 Å². The zero-order chi connectivity index (χ0) is 21.4. The maximum Gasteiger partial charge on any atom is 0.255 e. The summed E-state index contributed by atoms with van der Waals surface area (Å²) >= 11 is 0. The first kappa shape index (κ1) is 21.9. The van der Waals surface area contributed by atoms with Crippen molar-refractivity contribution in [2.45, 2.75) is 61.8 Å². The second-order valence-electron chi connectivity index (χ2n) is 7.98. The molecule has 162 valence electrons.